The molecule has 1 unspecified atom stereocenters. The molecule has 1 aliphatic heterocycles. The van der Waals surface area contributed by atoms with Gasteiger partial charge in [0.15, 0.2) is 0 Å². The molecule has 0 radical (unpaired) electrons. The molecule has 1 saturated heterocycles. The lowest BCUT2D eigenvalue weighted by atomic mass is 10.1. The van der Waals surface area contributed by atoms with Crippen LogP contribution >= 0.6 is 0 Å². The van der Waals surface area contributed by atoms with E-state index in [0.717, 1.165) is 22.6 Å². The van der Waals surface area contributed by atoms with Crippen LogP contribution in [0.15, 0.2) is 42.5 Å². The number of hydrogen-bond donors (Lipinski definition) is 2. The molecule has 0 aliphatic carbocycles. The van der Waals surface area contributed by atoms with Crippen molar-refractivity contribution in [2.75, 3.05) is 18.0 Å². The number of carbonyl (C=O) groups is 2. The molecule has 2 aromatic carbocycles. The van der Waals surface area contributed by atoms with Crippen molar-refractivity contribution in [3.63, 3.8) is 0 Å². The van der Waals surface area contributed by atoms with Crippen LogP contribution in [0.3, 0.4) is 0 Å². The number of nitrogens with one attached hydrogen (secondary N) is 2. The maximum absolute atomic E-state index is 12.7. The van der Waals surface area contributed by atoms with E-state index in [2.05, 4.69) is 10.6 Å². The van der Waals surface area contributed by atoms with E-state index < -0.39 is 0 Å². The molecule has 1 heterocycles. The summed E-state index contributed by atoms with van der Waals surface area (Å²) in [6, 6.07) is 12.9. The number of benzene rings is 2. The molecular formula is C22H27N3O3. The average molecular weight is 381 g/mol. The molecule has 3 rings (SSSR count). The van der Waals surface area contributed by atoms with Crippen molar-refractivity contribution in [3.8, 4) is 5.75 Å². The van der Waals surface area contributed by atoms with Gasteiger partial charge in [-0.15, -0.1) is 0 Å². The van der Waals surface area contributed by atoms with E-state index in [1.165, 1.54) is 0 Å². The van der Waals surface area contributed by atoms with Crippen LogP contribution in [-0.2, 0) is 0 Å². The third-order valence-electron chi connectivity index (χ3n) is 4.71. The van der Waals surface area contributed by atoms with Gasteiger partial charge < -0.3 is 15.4 Å². The molecule has 3 amide bonds. The van der Waals surface area contributed by atoms with Gasteiger partial charge in [0.1, 0.15) is 5.75 Å². The monoisotopic (exact) mass is 381 g/mol. The summed E-state index contributed by atoms with van der Waals surface area (Å²) >= 11 is 0. The SMILES string of the molecule is Cc1cc(C(=O)NC(C)c2ccc(OC(C)C)cc2)ccc1N1CCNC1=O. The van der Waals surface area contributed by atoms with Gasteiger partial charge in [-0.25, -0.2) is 4.79 Å². The first-order valence-corrected chi connectivity index (χ1v) is 9.58. The topological polar surface area (TPSA) is 70.7 Å². The third-order valence-corrected chi connectivity index (χ3v) is 4.71. The van der Waals surface area contributed by atoms with Crippen LogP contribution < -0.4 is 20.3 Å². The fourth-order valence-corrected chi connectivity index (χ4v) is 3.27. The minimum Gasteiger partial charge on any atom is -0.491 e. The fraction of sp³-hybridized carbons (Fsp3) is 0.364. The van der Waals surface area contributed by atoms with Gasteiger partial charge in [0.2, 0.25) is 0 Å². The Bertz CT molecular complexity index is 862. The van der Waals surface area contributed by atoms with Gasteiger partial charge in [-0.1, -0.05) is 12.1 Å². The van der Waals surface area contributed by atoms with E-state index in [4.69, 9.17) is 4.74 Å². The van der Waals surface area contributed by atoms with E-state index in [0.29, 0.717) is 18.7 Å². The fourth-order valence-electron chi connectivity index (χ4n) is 3.27. The largest absolute Gasteiger partial charge is 0.491 e. The summed E-state index contributed by atoms with van der Waals surface area (Å²) in [7, 11) is 0. The van der Waals surface area contributed by atoms with Crippen molar-refractivity contribution in [2.45, 2.75) is 39.8 Å². The number of anilines is 1. The van der Waals surface area contributed by atoms with E-state index in [9.17, 15) is 9.59 Å². The Labute approximate surface area is 165 Å². The number of rotatable bonds is 6. The van der Waals surface area contributed by atoms with E-state index in [1.54, 1.807) is 11.0 Å². The number of aryl methyl sites for hydroxylation is 1. The van der Waals surface area contributed by atoms with Crippen LogP contribution in [0.1, 0.15) is 48.3 Å². The molecule has 1 aliphatic rings. The summed E-state index contributed by atoms with van der Waals surface area (Å²) < 4.78 is 5.65. The van der Waals surface area contributed by atoms with Crippen molar-refractivity contribution in [1.82, 2.24) is 10.6 Å². The van der Waals surface area contributed by atoms with Gasteiger partial charge in [0, 0.05) is 24.3 Å². The molecule has 148 valence electrons. The van der Waals surface area contributed by atoms with Crippen LogP contribution in [0.4, 0.5) is 10.5 Å². The van der Waals surface area contributed by atoms with Gasteiger partial charge in [-0.2, -0.15) is 0 Å². The standard InChI is InChI=1S/C22H27N3O3/c1-14(2)28-19-8-5-17(6-9-19)16(4)24-21(26)18-7-10-20(15(3)13-18)25-12-11-23-22(25)27/h5-10,13-14,16H,11-12H2,1-4H3,(H,23,27)(H,24,26). The molecule has 0 spiro atoms. The second kappa shape index (κ2) is 8.33. The third kappa shape index (κ3) is 4.44. The lowest BCUT2D eigenvalue weighted by Crippen LogP contribution is -2.29. The summed E-state index contributed by atoms with van der Waals surface area (Å²) in [5, 5.41) is 5.81. The Morgan fingerprint density at radius 1 is 1.14 bits per heavy atom. The van der Waals surface area contributed by atoms with E-state index in [1.807, 2.05) is 64.1 Å². The number of nitrogens with zero attached hydrogens (tertiary/aromatic N) is 1. The first-order chi connectivity index (χ1) is 13.3. The zero-order chi connectivity index (χ0) is 20.3. The number of hydrogen-bond acceptors (Lipinski definition) is 3. The highest BCUT2D eigenvalue weighted by Gasteiger charge is 2.23. The molecular weight excluding hydrogens is 354 g/mol. The van der Waals surface area contributed by atoms with Crippen LogP contribution in [0.2, 0.25) is 0 Å². The van der Waals surface area contributed by atoms with Crippen LogP contribution in [0.5, 0.6) is 5.75 Å². The number of urea groups is 1. The zero-order valence-corrected chi connectivity index (χ0v) is 16.8. The highest BCUT2D eigenvalue weighted by Crippen LogP contribution is 2.24. The van der Waals surface area contributed by atoms with Crippen molar-refractivity contribution in [3.05, 3.63) is 59.2 Å². The number of amides is 3. The first kappa shape index (κ1) is 19.7. The van der Waals surface area contributed by atoms with E-state index >= 15 is 0 Å². The van der Waals surface area contributed by atoms with Gasteiger partial charge in [0.25, 0.3) is 5.91 Å². The summed E-state index contributed by atoms with van der Waals surface area (Å²) in [5.74, 6) is 0.671. The maximum Gasteiger partial charge on any atom is 0.322 e. The summed E-state index contributed by atoms with van der Waals surface area (Å²) in [4.78, 5) is 26.2. The van der Waals surface area contributed by atoms with Crippen molar-refractivity contribution >= 4 is 17.6 Å². The highest BCUT2D eigenvalue weighted by molar-refractivity contribution is 5.98. The maximum atomic E-state index is 12.7. The van der Waals surface area contributed by atoms with Crippen molar-refractivity contribution in [2.24, 2.45) is 0 Å². The Balaban J connectivity index is 1.67. The van der Waals surface area contributed by atoms with Gasteiger partial charge >= 0.3 is 6.03 Å². The van der Waals surface area contributed by atoms with Crippen LogP contribution in [0.25, 0.3) is 0 Å². The Morgan fingerprint density at radius 2 is 1.86 bits per heavy atom. The van der Waals surface area contributed by atoms with Crippen molar-refractivity contribution < 1.29 is 14.3 Å². The Kier molecular flexibility index (Phi) is 5.87. The smallest absolute Gasteiger partial charge is 0.322 e. The van der Waals surface area contributed by atoms with Crippen LogP contribution in [0, 0.1) is 6.92 Å². The second-order valence-electron chi connectivity index (χ2n) is 7.32. The van der Waals surface area contributed by atoms with Gasteiger partial charge in [-0.05, 0) is 69.2 Å². The van der Waals surface area contributed by atoms with Crippen molar-refractivity contribution in [1.29, 1.82) is 0 Å². The number of carbonyl (C=O) groups excluding carboxylic acids is 2. The molecule has 6 nitrogen and oxygen atoms in total. The Hall–Kier alpha value is -3.02. The predicted molar refractivity (Wildman–Crippen MR) is 110 cm³/mol. The quantitative estimate of drug-likeness (QED) is 0.799. The summed E-state index contributed by atoms with van der Waals surface area (Å²) in [6.07, 6.45) is 0.126. The minimum atomic E-state index is -0.143. The average Bonchev–Trinajstić information content (AvgIpc) is 3.07. The summed E-state index contributed by atoms with van der Waals surface area (Å²) in [5.41, 5.74) is 3.31. The van der Waals surface area contributed by atoms with Gasteiger partial charge in [0.05, 0.1) is 12.1 Å². The molecule has 0 aromatic heterocycles. The second-order valence-corrected chi connectivity index (χ2v) is 7.32. The number of ether oxygens (including phenoxy) is 1. The highest BCUT2D eigenvalue weighted by atomic mass is 16.5. The first-order valence-electron chi connectivity index (χ1n) is 9.58. The molecule has 1 atom stereocenters. The Morgan fingerprint density at radius 3 is 2.43 bits per heavy atom. The molecule has 2 N–H and O–H groups in total. The zero-order valence-electron chi connectivity index (χ0n) is 16.8. The minimum absolute atomic E-state index is 0.0983. The van der Waals surface area contributed by atoms with Gasteiger partial charge in [-0.3, -0.25) is 9.69 Å². The predicted octanol–water partition coefficient (Wildman–Crippen LogP) is 3.80. The molecule has 1 fully saturated rings. The lowest BCUT2D eigenvalue weighted by Gasteiger charge is -2.19. The van der Waals surface area contributed by atoms with E-state index in [-0.39, 0.29) is 24.1 Å². The molecule has 0 saturated carbocycles. The molecule has 28 heavy (non-hydrogen) atoms. The molecule has 6 heteroatoms. The molecule has 0 bridgehead atoms. The molecule has 2 aromatic rings. The normalized spacial score (nSPS) is 14.8. The summed E-state index contributed by atoms with van der Waals surface area (Å²) in [6.45, 7) is 9.11. The van der Waals surface area contributed by atoms with Crippen LogP contribution in [-0.4, -0.2) is 31.1 Å². The lowest BCUT2D eigenvalue weighted by molar-refractivity contribution is 0.0940.